The van der Waals surface area contributed by atoms with Gasteiger partial charge in [-0.05, 0) is 61.8 Å². The molecule has 8 nitrogen and oxygen atoms in total. The van der Waals surface area contributed by atoms with Crippen LogP contribution in [-0.4, -0.2) is 46.4 Å². The lowest BCUT2D eigenvalue weighted by molar-refractivity contribution is 0.258. The zero-order valence-electron chi connectivity index (χ0n) is 56.6. The van der Waals surface area contributed by atoms with Crippen LogP contribution in [0.3, 0.4) is 0 Å². The van der Waals surface area contributed by atoms with Crippen molar-refractivity contribution >= 4 is 0 Å². The highest BCUT2D eigenvalue weighted by Gasteiger charge is 2.15. The van der Waals surface area contributed by atoms with Crippen LogP contribution in [-0.2, 0) is 0 Å². The second-order valence-electron chi connectivity index (χ2n) is 24.5. The van der Waals surface area contributed by atoms with Crippen LogP contribution >= 0.6 is 0 Å². The smallest absolute Gasteiger partial charge is 0.162 e. The molecule has 0 N–H and O–H groups in total. The first-order valence-electron chi connectivity index (χ1n) is 36.2. The molecule has 3 heterocycles. The number of aromatic nitrogens is 4. The van der Waals surface area contributed by atoms with E-state index in [9.17, 15) is 0 Å². The van der Waals surface area contributed by atoms with Crippen LogP contribution in [0.15, 0.2) is 85.7 Å². The SMILES string of the molecule is CCCCCCCCCCCCOc1cc(C#Cc2cccnc2)c(C#Cc2nccnc2C#Cc2cc(OCCCCCCCCCCCC)c(OCCCCCCCCCCCC)cc2C#Cc2cccnc2)cc1OCCCCCCCCCCCC. The summed E-state index contributed by atoms with van der Waals surface area (Å²) in [6.45, 7) is 11.5. The van der Waals surface area contributed by atoms with Gasteiger partial charge in [-0.1, -0.05) is 294 Å². The van der Waals surface area contributed by atoms with Crippen molar-refractivity contribution in [2.45, 2.75) is 285 Å². The first kappa shape index (κ1) is 74.0. The molecule has 0 unspecified atom stereocenters. The molecule has 5 aromatic rings. The van der Waals surface area contributed by atoms with Crippen LogP contribution in [0.25, 0.3) is 0 Å². The van der Waals surface area contributed by atoms with Gasteiger partial charge < -0.3 is 18.9 Å². The summed E-state index contributed by atoms with van der Waals surface area (Å²) in [7, 11) is 0. The summed E-state index contributed by atoms with van der Waals surface area (Å²) in [5.41, 5.74) is 5.36. The average Bonchev–Trinajstić information content (AvgIpc) is 1.43. The van der Waals surface area contributed by atoms with Gasteiger partial charge in [0.15, 0.2) is 23.0 Å². The van der Waals surface area contributed by atoms with Gasteiger partial charge in [0.1, 0.15) is 11.4 Å². The van der Waals surface area contributed by atoms with Crippen LogP contribution in [0, 0.1) is 47.4 Å². The minimum atomic E-state index is 0.446. The number of benzene rings is 2. The molecule has 0 aliphatic heterocycles. The van der Waals surface area contributed by atoms with Crippen LogP contribution in [0.1, 0.15) is 329 Å². The third kappa shape index (κ3) is 33.9. The molecule has 0 atom stereocenters. The van der Waals surface area contributed by atoms with Crippen molar-refractivity contribution in [3.63, 3.8) is 0 Å². The van der Waals surface area contributed by atoms with E-state index in [2.05, 4.69) is 85.0 Å². The molecule has 486 valence electrons. The summed E-state index contributed by atoms with van der Waals surface area (Å²) < 4.78 is 26.5. The van der Waals surface area contributed by atoms with Gasteiger partial charge in [0.25, 0.3) is 0 Å². The van der Waals surface area contributed by atoms with Crippen molar-refractivity contribution in [3.8, 4) is 70.4 Å². The Morgan fingerprint density at radius 2 is 0.500 bits per heavy atom. The van der Waals surface area contributed by atoms with Gasteiger partial charge in [-0.3, -0.25) is 9.97 Å². The number of rotatable bonds is 48. The lowest BCUT2D eigenvalue weighted by atomic mass is 10.0. The fraction of sp³-hybridized carbons (Fsp3) is 0.585. The zero-order valence-corrected chi connectivity index (χ0v) is 56.6. The first-order chi connectivity index (χ1) is 44.6. The van der Waals surface area contributed by atoms with E-state index >= 15 is 0 Å². The third-order valence-corrected chi connectivity index (χ3v) is 16.5. The number of hydrogen-bond donors (Lipinski definition) is 0. The van der Waals surface area contributed by atoms with E-state index in [1.165, 1.54) is 205 Å². The summed E-state index contributed by atoms with van der Waals surface area (Å²) in [6, 6.07) is 15.7. The molecule has 90 heavy (non-hydrogen) atoms. The molecule has 8 heteroatoms. The Morgan fingerprint density at radius 3 is 0.733 bits per heavy atom. The number of nitrogens with zero attached hydrogens (tertiary/aromatic N) is 4. The Balaban J connectivity index is 1.43. The summed E-state index contributed by atoms with van der Waals surface area (Å²) in [5.74, 6) is 29.9. The number of ether oxygens (including phenoxy) is 4. The summed E-state index contributed by atoms with van der Waals surface area (Å²) >= 11 is 0. The number of pyridine rings is 2. The lowest BCUT2D eigenvalue weighted by Gasteiger charge is -2.15. The van der Waals surface area contributed by atoms with Gasteiger partial charge in [-0.25, -0.2) is 9.97 Å². The van der Waals surface area contributed by atoms with Gasteiger partial charge in [-0.2, -0.15) is 0 Å². The predicted molar refractivity (Wildman–Crippen MR) is 377 cm³/mol. The molecular weight excluding hydrogens is 1100 g/mol. The molecule has 0 aliphatic carbocycles. The van der Waals surface area contributed by atoms with E-state index in [1.54, 1.807) is 37.2 Å². The Hall–Kier alpha value is -6.74. The summed E-state index contributed by atoms with van der Waals surface area (Å²) in [4.78, 5) is 18.2. The third-order valence-electron chi connectivity index (χ3n) is 16.5. The second-order valence-corrected chi connectivity index (χ2v) is 24.5. The molecule has 5 rings (SSSR count). The molecule has 0 bridgehead atoms. The first-order valence-corrected chi connectivity index (χ1v) is 36.2. The maximum atomic E-state index is 6.65. The van der Waals surface area contributed by atoms with E-state index in [0.29, 0.717) is 71.9 Å². The maximum absolute atomic E-state index is 6.65. The Labute approximate surface area is 547 Å². The van der Waals surface area contributed by atoms with Gasteiger partial charge in [-0.15, -0.1) is 0 Å². The zero-order chi connectivity index (χ0) is 63.3. The van der Waals surface area contributed by atoms with Crippen LogP contribution < -0.4 is 18.9 Å². The normalized spacial score (nSPS) is 10.7. The van der Waals surface area contributed by atoms with Gasteiger partial charge in [0.05, 0.1) is 26.4 Å². The Kier molecular flexibility index (Phi) is 41.9. The lowest BCUT2D eigenvalue weighted by Crippen LogP contribution is -2.04. The summed E-state index contributed by atoms with van der Waals surface area (Å²) in [5, 5.41) is 0. The molecule has 0 fully saturated rings. The quantitative estimate of drug-likeness (QED) is 0.0281. The van der Waals surface area contributed by atoms with Crippen molar-refractivity contribution in [3.05, 3.63) is 130 Å². The number of hydrogen-bond acceptors (Lipinski definition) is 8. The average molecular weight is 1220 g/mol. The summed E-state index contributed by atoms with van der Waals surface area (Å²) in [6.07, 6.45) is 60.8. The van der Waals surface area contributed by atoms with E-state index in [1.807, 2.05) is 48.5 Å². The topological polar surface area (TPSA) is 88.5 Å². The predicted octanol–water partition coefficient (Wildman–Crippen LogP) is 22.1. The van der Waals surface area contributed by atoms with Crippen LogP contribution in [0.5, 0.6) is 23.0 Å². The maximum Gasteiger partial charge on any atom is 0.162 e. The van der Waals surface area contributed by atoms with E-state index in [4.69, 9.17) is 28.9 Å². The monoisotopic (exact) mass is 1220 g/mol. The minimum Gasteiger partial charge on any atom is -0.490 e. The van der Waals surface area contributed by atoms with E-state index < -0.39 is 0 Å². The fourth-order valence-corrected chi connectivity index (χ4v) is 11.0. The molecule has 2 aromatic carbocycles. The number of unbranched alkanes of at least 4 members (excludes halogenated alkanes) is 36. The van der Waals surface area contributed by atoms with E-state index in [0.717, 1.165) is 73.6 Å². The van der Waals surface area contributed by atoms with Gasteiger partial charge >= 0.3 is 0 Å². The molecule has 0 saturated carbocycles. The fourth-order valence-electron chi connectivity index (χ4n) is 11.0. The minimum absolute atomic E-state index is 0.446. The molecule has 0 radical (unpaired) electrons. The van der Waals surface area contributed by atoms with Crippen molar-refractivity contribution in [1.29, 1.82) is 0 Å². The van der Waals surface area contributed by atoms with E-state index in [-0.39, 0.29) is 0 Å². The van der Waals surface area contributed by atoms with Gasteiger partial charge in [0, 0.05) is 94.8 Å². The Morgan fingerprint density at radius 1 is 0.267 bits per heavy atom. The molecule has 3 aromatic heterocycles. The largest absolute Gasteiger partial charge is 0.490 e. The van der Waals surface area contributed by atoms with Gasteiger partial charge in [0.2, 0.25) is 0 Å². The van der Waals surface area contributed by atoms with Crippen molar-refractivity contribution in [2.75, 3.05) is 26.4 Å². The van der Waals surface area contributed by atoms with Crippen molar-refractivity contribution < 1.29 is 18.9 Å². The van der Waals surface area contributed by atoms with Crippen LogP contribution in [0.2, 0.25) is 0 Å². The molecular formula is C82H114N4O4. The molecule has 0 amide bonds. The van der Waals surface area contributed by atoms with Crippen molar-refractivity contribution in [2.24, 2.45) is 0 Å². The molecule has 0 saturated heterocycles. The second kappa shape index (κ2) is 50.9. The highest BCUT2D eigenvalue weighted by Crippen LogP contribution is 2.34. The molecule has 0 aliphatic rings. The standard InChI is InChI=1S/C82H114N4O4/c1-5-9-13-17-21-25-29-33-37-41-61-87-79-65-73(51-49-71-47-45-57-83-69-71)75(67-81(79)89-63-43-39-35-31-27-23-19-15-11-7-3)53-55-77-78(86-60-59-85-77)56-54-76-68-82(90-64-44-40-36-32-28-24-20-16-12-8-4)80(66-74(76)52-50-72-48-46-58-84-70-72)88-62-42-38-34-30-26-22-18-14-10-6-2/h45-48,57-60,65-70H,5-44,61-64H2,1-4H3. The van der Waals surface area contributed by atoms with Crippen molar-refractivity contribution in [1.82, 2.24) is 19.9 Å². The highest BCUT2D eigenvalue weighted by atomic mass is 16.5. The van der Waals surface area contributed by atoms with Crippen LogP contribution in [0.4, 0.5) is 0 Å². The molecule has 0 spiro atoms. The Bertz CT molecular complexity index is 2710. The highest BCUT2D eigenvalue weighted by molar-refractivity contribution is 5.63.